The summed E-state index contributed by atoms with van der Waals surface area (Å²) in [5.74, 6) is 0. The van der Waals surface area contributed by atoms with Gasteiger partial charge in [-0.2, -0.15) is 5.70 Å². The van der Waals surface area contributed by atoms with Crippen molar-refractivity contribution in [2.24, 2.45) is 0 Å². The van der Waals surface area contributed by atoms with E-state index in [-0.39, 0.29) is 14.9 Å². The molecule has 1 saturated heterocycles. The minimum atomic E-state index is -2.03. The molecule has 1 atom stereocenters. The van der Waals surface area contributed by atoms with Gasteiger partial charge in [0.05, 0.1) is 0 Å². The summed E-state index contributed by atoms with van der Waals surface area (Å²) >= 11 is -2.03. The molecule has 2 rings (SSSR count). The summed E-state index contributed by atoms with van der Waals surface area (Å²) in [5.41, 5.74) is 1.19. The van der Waals surface area contributed by atoms with E-state index < -0.39 is 18.5 Å². The summed E-state index contributed by atoms with van der Waals surface area (Å²) in [4.78, 5) is 0. The Bertz CT molecular complexity index is 278. The molecule has 0 aromatic rings. The second kappa shape index (κ2) is 12.0. The van der Waals surface area contributed by atoms with Crippen molar-refractivity contribution in [3.05, 3.63) is 49.4 Å². The van der Waals surface area contributed by atoms with Crippen molar-refractivity contribution in [1.29, 1.82) is 0 Å². The average molecular weight is 320 g/mol. The predicted molar refractivity (Wildman–Crippen MR) is 65.5 cm³/mol. The average Bonchev–Trinajstić information content (AvgIpc) is 2.32. The second-order valence-electron chi connectivity index (χ2n) is 3.35. The minimum absolute atomic E-state index is 0. The number of allylic oxidation sites excluding steroid dienone is 2. The van der Waals surface area contributed by atoms with Crippen LogP contribution in [0, 0.1) is 14.9 Å². The molecule has 0 amide bonds. The van der Waals surface area contributed by atoms with Crippen LogP contribution in [0.15, 0.2) is 23.9 Å². The molecular weight excluding hydrogens is 300 g/mol. The fourth-order valence-corrected chi connectivity index (χ4v) is 1.68. The van der Waals surface area contributed by atoms with Gasteiger partial charge < -0.3 is 25.5 Å². The number of hydrogen-bond acceptors (Lipinski definition) is 2. The van der Waals surface area contributed by atoms with Crippen LogP contribution in [0.4, 0.5) is 0 Å². The Balaban J connectivity index is 0. The summed E-state index contributed by atoms with van der Waals surface area (Å²) in [5, 5.41) is 8.99. The van der Waals surface area contributed by atoms with Gasteiger partial charge in [0, 0.05) is 0 Å². The normalized spacial score (nSPS) is 21.4. The van der Waals surface area contributed by atoms with Gasteiger partial charge in [-0.15, -0.1) is 25.2 Å². The third-order valence-corrected chi connectivity index (χ3v) is 2.36. The molecule has 0 aromatic heterocycles. The van der Waals surface area contributed by atoms with E-state index in [1.54, 1.807) is 0 Å². The van der Waals surface area contributed by atoms with Gasteiger partial charge in [-0.05, 0) is 0 Å². The van der Waals surface area contributed by atoms with E-state index in [9.17, 15) is 0 Å². The van der Waals surface area contributed by atoms with Crippen LogP contribution in [-0.2, 0) is 25.3 Å². The van der Waals surface area contributed by atoms with Gasteiger partial charge >= 0.3 is 25.3 Å². The van der Waals surface area contributed by atoms with E-state index in [1.807, 2.05) is 0 Å². The Morgan fingerprint density at radius 3 is 2.41 bits per heavy atom. The van der Waals surface area contributed by atoms with Crippen molar-refractivity contribution < 1.29 is 25.3 Å². The quantitative estimate of drug-likeness (QED) is 0.549. The molecule has 17 heavy (non-hydrogen) atoms. The summed E-state index contributed by atoms with van der Waals surface area (Å²) < 4.78 is 17.0. The number of hydrogen-bond donors (Lipinski definition) is 0. The summed E-state index contributed by atoms with van der Waals surface area (Å²) in [6, 6.07) is 0.406. The van der Waals surface area contributed by atoms with Gasteiger partial charge in [-0.3, -0.25) is 0 Å². The first-order valence-corrected chi connectivity index (χ1v) is 6.65. The molecule has 0 saturated carbocycles. The number of rotatable bonds is 1. The molecule has 100 valence electrons. The van der Waals surface area contributed by atoms with Crippen molar-refractivity contribution in [1.82, 2.24) is 0 Å². The fourth-order valence-electron chi connectivity index (χ4n) is 1.68. The molecule has 0 aromatic carbocycles. The van der Waals surface area contributed by atoms with Gasteiger partial charge in [-0.1, -0.05) is 31.4 Å². The van der Waals surface area contributed by atoms with Gasteiger partial charge in [0.25, 0.3) is 0 Å². The number of nitrogens with zero attached hydrogens (tertiary/aromatic N) is 2. The molecule has 0 spiro atoms. The van der Waals surface area contributed by atoms with Crippen LogP contribution in [0.25, 0.3) is 10.6 Å². The Morgan fingerprint density at radius 1 is 1.24 bits per heavy atom. The van der Waals surface area contributed by atoms with Crippen molar-refractivity contribution in [2.45, 2.75) is 25.3 Å². The standard InChI is InChI=1S/C10H14N2.2CH3.Mo.2O/c1-3-7-11-9(5-1)10-6-2-4-8-12-10;;;;;/h1,3,5,10H,2,4,6-8H2;2*1H3;;;/q-2;2*-1;;;. The van der Waals surface area contributed by atoms with Gasteiger partial charge in [-0.25, -0.2) is 0 Å². The van der Waals surface area contributed by atoms with E-state index in [0.29, 0.717) is 6.04 Å². The first-order valence-electron chi connectivity index (χ1n) is 5.01. The van der Waals surface area contributed by atoms with Crippen LogP contribution >= 0.6 is 0 Å². The molecule has 5 heteroatoms. The van der Waals surface area contributed by atoms with Crippen molar-refractivity contribution in [2.75, 3.05) is 13.1 Å². The maximum atomic E-state index is 8.50. The molecule has 0 radical (unpaired) electrons. The summed E-state index contributed by atoms with van der Waals surface area (Å²) in [6.07, 6.45) is 10.0. The van der Waals surface area contributed by atoms with Crippen molar-refractivity contribution in [3.8, 4) is 0 Å². The van der Waals surface area contributed by atoms with Gasteiger partial charge in [0.1, 0.15) is 0 Å². The summed E-state index contributed by atoms with van der Waals surface area (Å²) in [7, 11) is 0. The first-order chi connectivity index (χ1) is 7.38. The molecule has 2 heterocycles. The van der Waals surface area contributed by atoms with Crippen LogP contribution in [0.1, 0.15) is 19.3 Å². The zero-order chi connectivity index (χ0) is 10.9. The SMILES string of the molecule is C1=CC[N-]C(C2CCCC[N-]2)=C1.[CH3-].[CH3-].[O]=[Mo]=[O]. The third kappa shape index (κ3) is 7.45. The van der Waals surface area contributed by atoms with Crippen LogP contribution in [0.3, 0.4) is 0 Å². The molecule has 0 aliphatic carbocycles. The Labute approximate surface area is 113 Å². The van der Waals surface area contributed by atoms with Gasteiger partial charge in [0.15, 0.2) is 0 Å². The first kappa shape index (κ1) is 18.9. The van der Waals surface area contributed by atoms with Crippen LogP contribution < -0.4 is 0 Å². The molecular formula is C12H20MoN2O2-4. The predicted octanol–water partition coefficient (Wildman–Crippen LogP) is 3.40. The Kier molecular flexibility index (Phi) is 13.3. The Morgan fingerprint density at radius 2 is 1.94 bits per heavy atom. The Hall–Kier alpha value is -0.472. The van der Waals surface area contributed by atoms with Crippen molar-refractivity contribution >= 4 is 0 Å². The van der Waals surface area contributed by atoms with E-state index in [4.69, 9.17) is 6.80 Å². The van der Waals surface area contributed by atoms with Crippen LogP contribution in [-0.4, -0.2) is 19.1 Å². The molecule has 4 nitrogen and oxygen atoms in total. The van der Waals surface area contributed by atoms with Crippen molar-refractivity contribution in [3.63, 3.8) is 0 Å². The van der Waals surface area contributed by atoms with Crippen LogP contribution in [0.2, 0.25) is 0 Å². The summed E-state index contributed by atoms with van der Waals surface area (Å²) in [6.45, 7) is 1.87. The van der Waals surface area contributed by atoms with E-state index >= 15 is 0 Å². The van der Waals surface area contributed by atoms with Crippen LogP contribution in [0.5, 0.6) is 0 Å². The second-order valence-corrected chi connectivity index (χ2v) is 3.68. The molecule has 1 unspecified atom stereocenters. The molecule has 0 N–H and O–H groups in total. The molecule has 2 aliphatic heterocycles. The monoisotopic (exact) mass is 322 g/mol. The van der Waals surface area contributed by atoms with E-state index in [1.165, 1.54) is 25.0 Å². The molecule has 2 aliphatic rings. The number of piperidine rings is 1. The zero-order valence-electron chi connectivity index (χ0n) is 10.5. The zero-order valence-corrected chi connectivity index (χ0v) is 12.5. The fraction of sp³-hybridized carbons (Fsp3) is 0.500. The molecule has 1 fully saturated rings. The van der Waals surface area contributed by atoms with E-state index in [0.717, 1.165) is 13.1 Å². The third-order valence-electron chi connectivity index (χ3n) is 2.36. The van der Waals surface area contributed by atoms with Gasteiger partial charge in [0.2, 0.25) is 0 Å². The topological polar surface area (TPSA) is 62.3 Å². The molecule has 0 bridgehead atoms. The van der Waals surface area contributed by atoms with E-state index in [2.05, 4.69) is 28.9 Å². The maximum absolute atomic E-state index is 8.50.